The van der Waals surface area contributed by atoms with E-state index in [1.165, 1.54) is 21.6 Å². The van der Waals surface area contributed by atoms with Gasteiger partial charge in [-0.3, -0.25) is 5.32 Å². The van der Waals surface area contributed by atoms with E-state index in [1.807, 2.05) is 13.0 Å². The lowest BCUT2D eigenvalue weighted by Gasteiger charge is -2.17. The van der Waals surface area contributed by atoms with Gasteiger partial charge in [-0.25, -0.2) is 9.98 Å². The van der Waals surface area contributed by atoms with E-state index in [1.54, 1.807) is 11.3 Å². The van der Waals surface area contributed by atoms with Crippen molar-refractivity contribution >= 4 is 34.9 Å². The van der Waals surface area contributed by atoms with Crippen LogP contribution in [0.3, 0.4) is 0 Å². The van der Waals surface area contributed by atoms with Gasteiger partial charge in [-0.1, -0.05) is 68.3 Å². The van der Waals surface area contributed by atoms with E-state index < -0.39 is 0 Å². The van der Waals surface area contributed by atoms with Crippen LogP contribution in [0.25, 0.3) is 17.7 Å². The lowest BCUT2D eigenvalue weighted by atomic mass is 9.94. The number of aromatic nitrogens is 1. The maximum Gasteiger partial charge on any atom is 0.130 e. The number of aliphatic imine (C=N–C) groups is 1. The molecule has 2 unspecified atom stereocenters. The van der Waals surface area contributed by atoms with Gasteiger partial charge in [-0.05, 0) is 56.7 Å². The molecule has 0 aliphatic heterocycles. The maximum absolute atomic E-state index is 6.64. The molecule has 0 spiro atoms. The minimum atomic E-state index is -0.0980. The van der Waals surface area contributed by atoms with Crippen molar-refractivity contribution in [2.75, 3.05) is 0 Å². The summed E-state index contributed by atoms with van der Waals surface area (Å²) in [5, 5.41) is 4.42. The highest BCUT2D eigenvalue weighted by molar-refractivity contribution is 7.14. The fourth-order valence-electron chi connectivity index (χ4n) is 3.70. The Balaban J connectivity index is 1.92. The van der Waals surface area contributed by atoms with Gasteiger partial charge in [0.15, 0.2) is 0 Å². The van der Waals surface area contributed by atoms with Gasteiger partial charge < -0.3 is 5.73 Å². The molecular weight excluding hydrogens is 412 g/mol. The van der Waals surface area contributed by atoms with Gasteiger partial charge in [0.25, 0.3) is 0 Å². The van der Waals surface area contributed by atoms with E-state index in [-0.39, 0.29) is 6.17 Å². The van der Waals surface area contributed by atoms with E-state index in [0.717, 1.165) is 42.1 Å². The minimum absolute atomic E-state index is 0.0980. The van der Waals surface area contributed by atoms with Crippen LogP contribution >= 0.6 is 11.3 Å². The van der Waals surface area contributed by atoms with Gasteiger partial charge in [-0.15, -0.1) is 11.3 Å². The van der Waals surface area contributed by atoms with Gasteiger partial charge in [0, 0.05) is 6.54 Å². The van der Waals surface area contributed by atoms with Gasteiger partial charge in [0.1, 0.15) is 10.8 Å². The Morgan fingerprint density at radius 1 is 1.22 bits per heavy atom. The summed E-state index contributed by atoms with van der Waals surface area (Å²) in [7, 11) is 0. The molecule has 0 saturated carbocycles. The SMILES string of the molecule is CCC1=Cc2nc(/C(C(N)=NC(C)NCc3ccccc3)=C(\C)C(C)CC)sc2C=CC1. The summed E-state index contributed by atoms with van der Waals surface area (Å²) in [6.45, 7) is 11.6. The number of allylic oxidation sites excluding steroid dienone is 3. The molecular formula is C27H36N4S. The lowest BCUT2D eigenvalue weighted by molar-refractivity contribution is 0.569. The zero-order valence-corrected chi connectivity index (χ0v) is 20.8. The molecule has 0 amide bonds. The third-order valence-corrected chi connectivity index (χ3v) is 7.17. The molecule has 1 aliphatic carbocycles. The third-order valence-electron chi connectivity index (χ3n) is 6.12. The molecule has 0 fully saturated rings. The number of nitrogens with one attached hydrogen (secondary N) is 1. The second-order valence-corrected chi connectivity index (χ2v) is 9.49. The Hall–Kier alpha value is -2.50. The van der Waals surface area contributed by atoms with E-state index >= 15 is 0 Å². The Bertz CT molecular complexity index is 1030. The summed E-state index contributed by atoms with van der Waals surface area (Å²) >= 11 is 1.71. The van der Waals surface area contributed by atoms with E-state index in [0.29, 0.717) is 11.8 Å². The zero-order chi connectivity index (χ0) is 23.1. The number of fused-ring (bicyclic) bond motifs is 1. The van der Waals surface area contributed by atoms with Crippen LogP contribution in [0.4, 0.5) is 0 Å². The van der Waals surface area contributed by atoms with Gasteiger partial charge in [-0.2, -0.15) is 0 Å². The summed E-state index contributed by atoms with van der Waals surface area (Å²) in [4.78, 5) is 11.0. The third kappa shape index (κ3) is 6.05. The van der Waals surface area contributed by atoms with Crippen LogP contribution in [-0.4, -0.2) is 17.0 Å². The summed E-state index contributed by atoms with van der Waals surface area (Å²) < 4.78 is 0. The Labute approximate surface area is 197 Å². The second-order valence-electron chi connectivity index (χ2n) is 8.46. The average Bonchev–Trinajstić information content (AvgIpc) is 3.08. The smallest absolute Gasteiger partial charge is 0.130 e. The first-order valence-corrected chi connectivity index (χ1v) is 12.4. The lowest BCUT2D eigenvalue weighted by Crippen LogP contribution is -2.28. The van der Waals surface area contributed by atoms with Crippen molar-refractivity contribution in [2.24, 2.45) is 16.6 Å². The highest BCUT2D eigenvalue weighted by atomic mass is 32.1. The standard InChI is InChI=1S/C27H36N4S/c1-6-18(3)19(4)25(26(28)30-20(5)29-17-22-12-9-8-10-13-22)27-31-23-16-21(7-2)14-11-15-24(23)32-27/h8-13,15-16,18,20,29H,6-7,14,17H2,1-5H3,(H2,28,30)/b25-19+. The number of thiazole rings is 1. The van der Waals surface area contributed by atoms with Crippen molar-refractivity contribution in [3.05, 3.63) is 68.7 Å². The van der Waals surface area contributed by atoms with E-state index in [9.17, 15) is 0 Å². The average molecular weight is 449 g/mol. The molecule has 3 rings (SSSR count). The molecule has 5 heteroatoms. The number of hydrogen-bond acceptors (Lipinski definition) is 4. The predicted molar refractivity (Wildman–Crippen MR) is 140 cm³/mol. The van der Waals surface area contributed by atoms with Crippen LogP contribution in [0, 0.1) is 5.92 Å². The van der Waals surface area contributed by atoms with E-state index in [2.05, 4.69) is 75.5 Å². The second kappa shape index (κ2) is 11.4. The molecule has 3 N–H and O–H groups in total. The molecule has 0 radical (unpaired) electrons. The molecule has 0 saturated heterocycles. The van der Waals surface area contributed by atoms with Crippen molar-refractivity contribution < 1.29 is 0 Å². The van der Waals surface area contributed by atoms with Gasteiger partial charge in [0.2, 0.25) is 0 Å². The summed E-state index contributed by atoms with van der Waals surface area (Å²) in [5.74, 6) is 0.968. The largest absolute Gasteiger partial charge is 0.383 e. The first-order valence-electron chi connectivity index (χ1n) is 11.6. The van der Waals surface area contributed by atoms with Crippen LogP contribution in [-0.2, 0) is 6.54 Å². The number of hydrogen-bond donors (Lipinski definition) is 2. The summed E-state index contributed by atoms with van der Waals surface area (Å²) in [6, 6.07) is 10.4. The quantitative estimate of drug-likeness (QED) is 0.333. The van der Waals surface area contributed by atoms with Crippen LogP contribution in [0.2, 0.25) is 0 Å². The highest BCUT2D eigenvalue weighted by Gasteiger charge is 2.21. The van der Waals surface area contributed by atoms with Crippen molar-refractivity contribution in [3.8, 4) is 0 Å². The van der Waals surface area contributed by atoms with Crippen LogP contribution < -0.4 is 11.1 Å². The molecule has 1 aliphatic rings. The van der Waals surface area contributed by atoms with Crippen molar-refractivity contribution in [2.45, 2.75) is 66.6 Å². The molecule has 32 heavy (non-hydrogen) atoms. The number of nitrogens with zero attached hydrogens (tertiary/aromatic N) is 2. The Kier molecular flexibility index (Phi) is 8.60. The Morgan fingerprint density at radius 3 is 2.66 bits per heavy atom. The highest BCUT2D eigenvalue weighted by Crippen LogP contribution is 2.34. The van der Waals surface area contributed by atoms with E-state index in [4.69, 9.17) is 15.7 Å². The van der Waals surface area contributed by atoms with Gasteiger partial charge in [0.05, 0.1) is 22.3 Å². The summed E-state index contributed by atoms with van der Waals surface area (Å²) in [6.07, 6.45) is 9.67. The normalized spacial score (nSPS) is 16.7. The summed E-state index contributed by atoms with van der Waals surface area (Å²) in [5.41, 5.74) is 12.6. The molecule has 4 nitrogen and oxygen atoms in total. The van der Waals surface area contributed by atoms with Crippen LogP contribution in [0.5, 0.6) is 0 Å². The molecule has 1 aromatic heterocycles. The van der Waals surface area contributed by atoms with Crippen molar-refractivity contribution in [1.82, 2.24) is 10.3 Å². The monoisotopic (exact) mass is 448 g/mol. The first-order chi connectivity index (χ1) is 15.4. The molecule has 170 valence electrons. The molecule has 0 bridgehead atoms. The van der Waals surface area contributed by atoms with Crippen molar-refractivity contribution in [3.63, 3.8) is 0 Å². The zero-order valence-electron chi connectivity index (χ0n) is 20.0. The number of nitrogens with two attached hydrogens (primary N) is 1. The van der Waals surface area contributed by atoms with Crippen LogP contribution in [0.15, 0.2) is 52.5 Å². The molecule has 1 aromatic carbocycles. The minimum Gasteiger partial charge on any atom is -0.383 e. The topological polar surface area (TPSA) is 63.3 Å². The maximum atomic E-state index is 6.64. The number of benzene rings is 1. The first kappa shape index (κ1) is 24.1. The predicted octanol–water partition coefficient (Wildman–Crippen LogP) is 6.67. The van der Waals surface area contributed by atoms with Gasteiger partial charge >= 0.3 is 0 Å². The molecule has 2 aromatic rings. The number of rotatable bonds is 9. The fourth-order valence-corrected chi connectivity index (χ4v) is 4.80. The molecule has 1 heterocycles. The van der Waals surface area contributed by atoms with Crippen molar-refractivity contribution in [1.29, 1.82) is 0 Å². The Morgan fingerprint density at radius 2 is 1.97 bits per heavy atom. The number of amidine groups is 1. The molecule has 2 atom stereocenters. The van der Waals surface area contributed by atoms with Crippen LogP contribution in [0.1, 0.15) is 75.0 Å². The fraction of sp³-hybridized carbons (Fsp3) is 0.407.